The molecule has 2 heterocycles. The summed E-state index contributed by atoms with van der Waals surface area (Å²) in [5.41, 5.74) is 2.61. The maximum absolute atomic E-state index is 13.0. The Morgan fingerprint density at radius 2 is 2.03 bits per heavy atom. The zero-order valence-electron chi connectivity index (χ0n) is 18.0. The average molecular weight is 445 g/mol. The van der Waals surface area contributed by atoms with E-state index in [2.05, 4.69) is 28.5 Å². The summed E-state index contributed by atoms with van der Waals surface area (Å²) >= 11 is 1.37. The van der Waals surface area contributed by atoms with Gasteiger partial charge in [0.25, 0.3) is 0 Å². The number of para-hydroxylation sites is 1. The van der Waals surface area contributed by atoms with Crippen molar-refractivity contribution >= 4 is 34.4 Å². The topological polar surface area (TPSA) is 67.2 Å². The predicted octanol–water partition coefficient (Wildman–Crippen LogP) is 4.07. The molecule has 162 valence electrons. The van der Waals surface area contributed by atoms with E-state index >= 15 is 0 Å². The highest BCUT2D eigenvalue weighted by atomic mass is 32.2. The number of rotatable bonds is 6. The molecular weight excluding hydrogens is 420 g/mol. The Morgan fingerprint density at radius 3 is 2.78 bits per heavy atom. The number of carbonyl (C=O) groups excluding carboxylic acids is 1. The van der Waals surface area contributed by atoms with Gasteiger partial charge in [0.05, 0.1) is 21.7 Å². The fourth-order valence-corrected chi connectivity index (χ4v) is 4.73. The van der Waals surface area contributed by atoms with E-state index in [1.54, 1.807) is 31.3 Å². The van der Waals surface area contributed by atoms with E-state index in [1.165, 1.54) is 18.2 Å². The summed E-state index contributed by atoms with van der Waals surface area (Å²) in [6.07, 6.45) is 9.38. The number of aromatic nitrogens is 2. The van der Waals surface area contributed by atoms with Crippen LogP contribution < -0.4 is 10.7 Å². The van der Waals surface area contributed by atoms with Crippen molar-refractivity contribution in [3.05, 3.63) is 82.8 Å². The summed E-state index contributed by atoms with van der Waals surface area (Å²) < 4.78 is 2.05. The maximum Gasteiger partial charge on any atom is 0.232 e. The second kappa shape index (κ2) is 8.31. The molecular formula is C25H24N4O2S. The molecule has 1 amide bonds. The molecule has 1 N–H and O–H groups in total. The Kier molecular flexibility index (Phi) is 5.35. The number of benzene rings is 1. The first-order valence-electron chi connectivity index (χ1n) is 10.6. The average Bonchev–Trinajstić information content (AvgIpc) is 3.57. The molecule has 0 saturated heterocycles. The van der Waals surface area contributed by atoms with Gasteiger partial charge in [-0.25, -0.2) is 4.98 Å². The van der Waals surface area contributed by atoms with Gasteiger partial charge in [0.15, 0.2) is 5.43 Å². The van der Waals surface area contributed by atoms with Gasteiger partial charge in [-0.3, -0.25) is 14.2 Å². The van der Waals surface area contributed by atoms with Crippen molar-refractivity contribution in [1.82, 2.24) is 14.5 Å². The Bertz CT molecular complexity index is 1310. The number of hydrogen-bond donors (Lipinski definition) is 1. The van der Waals surface area contributed by atoms with E-state index in [-0.39, 0.29) is 11.3 Å². The molecule has 0 spiro atoms. The van der Waals surface area contributed by atoms with Crippen LogP contribution in [0.2, 0.25) is 0 Å². The van der Waals surface area contributed by atoms with Crippen molar-refractivity contribution in [3.63, 3.8) is 0 Å². The van der Waals surface area contributed by atoms with Crippen LogP contribution in [0.15, 0.2) is 82.4 Å². The number of anilines is 1. The van der Waals surface area contributed by atoms with Crippen LogP contribution in [0.3, 0.4) is 0 Å². The minimum Gasteiger partial charge on any atom is -0.348 e. The first-order chi connectivity index (χ1) is 15.5. The van der Waals surface area contributed by atoms with E-state index in [1.807, 2.05) is 41.0 Å². The first kappa shape index (κ1) is 20.6. The molecule has 32 heavy (non-hydrogen) atoms. The predicted molar refractivity (Wildman–Crippen MR) is 129 cm³/mol. The van der Waals surface area contributed by atoms with Gasteiger partial charge in [0.1, 0.15) is 5.82 Å². The first-order valence-corrected chi connectivity index (χ1v) is 11.6. The van der Waals surface area contributed by atoms with Crippen molar-refractivity contribution in [3.8, 4) is 5.69 Å². The summed E-state index contributed by atoms with van der Waals surface area (Å²) in [5, 5.41) is 4.71. The summed E-state index contributed by atoms with van der Waals surface area (Å²) in [7, 11) is 3.47. The molecule has 2 atom stereocenters. The third-order valence-electron chi connectivity index (χ3n) is 5.81. The molecule has 0 aliphatic heterocycles. The minimum atomic E-state index is -0.0900. The number of allylic oxidation sites excluding steroid dienone is 3. The normalized spacial score (nSPS) is 18.8. The Morgan fingerprint density at radius 1 is 1.22 bits per heavy atom. The lowest BCUT2D eigenvalue weighted by molar-refractivity contribution is -0.125. The number of nitrogens with zero attached hydrogens (tertiary/aromatic N) is 3. The number of thioether (sulfide) groups is 1. The van der Waals surface area contributed by atoms with Crippen LogP contribution in [0, 0.1) is 11.8 Å². The number of hydrogen-bond acceptors (Lipinski definition) is 5. The van der Waals surface area contributed by atoms with Crippen LogP contribution in [0.5, 0.6) is 0 Å². The van der Waals surface area contributed by atoms with Crippen LogP contribution in [0.25, 0.3) is 16.6 Å². The molecule has 5 rings (SSSR count). The lowest BCUT2D eigenvalue weighted by Crippen LogP contribution is -2.23. The SMILES string of the molecule is CN(C)C(=O)CSc1cc2c(cn1)c(=O)cc(NC1=CC3CC3C=C1)n2-c1ccccc1. The summed E-state index contributed by atoms with van der Waals surface area (Å²) in [6.45, 7) is 0. The second-order valence-electron chi connectivity index (χ2n) is 8.35. The van der Waals surface area contributed by atoms with E-state index in [4.69, 9.17) is 0 Å². The van der Waals surface area contributed by atoms with E-state index in [0.29, 0.717) is 33.8 Å². The highest BCUT2D eigenvalue weighted by Gasteiger charge is 2.35. The van der Waals surface area contributed by atoms with Gasteiger partial charge in [-0.05, 0) is 42.5 Å². The molecule has 2 aliphatic rings. The van der Waals surface area contributed by atoms with Gasteiger partial charge in [-0.2, -0.15) is 0 Å². The zero-order valence-corrected chi connectivity index (χ0v) is 18.8. The van der Waals surface area contributed by atoms with Crippen LogP contribution in [0.4, 0.5) is 5.82 Å². The van der Waals surface area contributed by atoms with Crippen LogP contribution in [-0.2, 0) is 4.79 Å². The number of fused-ring (bicyclic) bond motifs is 2. The van der Waals surface area contributed by atoms with Crippen molar-refractivity contribution in [2.45, 2.75) is 11.4 Å². The van der Waals surface area contributed by atoms with Gasteiger partial charge < -0.3 is 10.2 Å². The molecule has 7 heteroatoms. The van der Waals surface area contributed by atoms with E-state index in [0.717, 1.165) is 16.9 Å². The highest BCUT2D eigenvalue weighted by molar-refractivity contribution is 7.99. The molecule has 6 nitrogen and oxygen atoms in total. The van der Waals surface area contributed by atoms with E-state index < -0.39 is 0 Å². The Balaban J connectivity index is 1.61. The molecule has 0 radical (unpaired) electrons. The van der Waals surface area contributed by atoms with Crippen LogP contribution >= 0.6 is 11.8 Å². The lowest BCUT2D eigenvalue weighted by Gasteiger charge is -2.20. The second-order valence-corrected chi connectivity index (χ2v) is 9.35. The third-order valence-corrected chi connectivity index (χ3v) is 6.72. The number of carbonyl (C=O) groups is 1. The van der Waals surface area contributed by atoms with Crippen molar-refractivity contribution in [1.29, 1.82) is 0 Å². The Hall–Kier alpha value is -3.32. The summed E-state index contributed by atoms with van der Waals surface area (Å²) in [4.78, 5) is 31.0. The van der Waals surface area contributed by atoms with Crippen LogP contribution in [-0.4, -0.2) is 40.2 Å². The van der Waals surface area contributed by atoms with Crippen molar-refractivity contribution in [2.24, 2.45) is 11.8 Å². The number of pyridine rings is 2. The fourth-order valence-electron chi connectivity index (χ4n) is 3.88. The molecule has 2 unspecified atom stereocenters. The molecule has 1 saturated carbocycles. The molecule has 1 fully saturated rings. The Labute approximate surface area is 190 Å². The van der Waals surface area contributed by atoms with Gasteiger partial charge >= 0.3 is 0 Å². The van der Waals surface area contributed by atoms with Gasteiger partial charge in [0.2, 0.25) is 5.91 Å². The fraction of sp³-hybridized carbons (Fsp3) is 0.240. The molecule has 3 aromatic rings. The van der Waals surface area contributed by atoms with Gasteiger partial charge in [0, 0.05) is 37.7 Å². The van der Waals surface area contributed by atoms with Crippen molar-refractivity contribution in [2.75, 3.05) is 25.2 Å². The molecule has 1 aromatic carbocycles. The lowest BCUT2D eigenvalue weighted by atomic mass is 10.1. The molecule has 2 aromatic heterocycles. The molecule has 0 bridgehead atoms. The number of amides is 1. The third kappa shape index (κ3) is 4.08. The van der Waals surface area contributed by atoms with Gasteiger partial charge in [-0.15, -0.1) is 0 Å². The largest absolute Gasteiger partial charge is 0.348 e. The quantitative estimate of drug-likeness (QED) is 0.581. The number of nitrogens with one attached hydrogen (secondary N) is 1. The summed E-state index contributed by atoms with van der Waals surface area (Å²) in [6, 6.07) is 13.5. The smallest absolute Gasteiger partial charge is 0.232 e. The zero-order chi connectivity index (χ0) is 22.2. The standard InChI is InChI=1S/C25H24N4O2S/c1-28(2)25(31)15-32-24-12-21-20(14-26-24)22(30)13-23(29(21)19-6-4-3-5-7-19)27-18-9-8-16-10-17(16)11-18/h3-9,11-14,16-17,27H,10,15H2,1-2H3. The van der Waals surface area contributed by atoms with Crippen LogP contribution in [0.1, 0.15) is 6.42 Å². The van der Waals surface area contributed by atoms with E-state index in [9.17, 15) is 9.59 Å². The monoisotopic (exact) mass is 444 g/mol. The molecule has 2 aliphatic carbocycles. The summed E-state index contributed by atoms with van der Waals surface area (Å²) in [5.74, 6) is 2.28. The van der Waals surface area contributed by atoms with Gasteiger partial charge in [-0.1, -0.05) is 42.1 Å². The van der Waals surface area contributed by atoms with Crippen molar-refractivity contribution < 1.29 is 4.79 Å². The maximum atomic E-state index is 13.0. The minimum absolute atomic E-state index is 0.0159. The highest BCUT2D eigenvalue weighted by Crippen LogP contribution is 2.44.